The van der Waals surface area contributed by atoms with E-state index in [1.165, 1.54) is 32.1 Å². The first-order chi connectivity index (χ1) is 12.4. The molecule has 0 aromatic carbocycles. The van der Waals surface area contributed by atoms with Crippen LogP contribution in [0.15, 0.2) is 0 Å². The first-order valence-corrected chi connectivity index (χ1v) is 11.4. The van der Waals surface area contributed by atoms with Crippen LogP contribution in [-0.4, -0.2) is 42.0 Å². The maximum Gasteiger partial charge on any atom is 0.227 e. The zero-order valence-electron chi connectivity index (χ0n) is 15.7. The van der Waals surface area contributed by atoms with Crippen molar-refractivity contribution in [3.8, 4) is 12.3 Å². The number of aromatic nitrogens is 3. The van der Waals surface area contributed by atoms with Gasteiger partial charge >= 0.3 is 0 Å². The summed E-state index contributed by atoms with van der Waals surface area (Å²) >= 11 is 0. The van der Waals surface area contributed by atoms with Crippen LogP contribution in [0.1, 0.15) is 63.7 Å². The zero-order valence-corrected chi connectivity index (χ0v) is 16.5. The molecule has 1 saturated carbocycles. The highest BCUT2D eigenvalue weighted by molar-refractivity contribution is 7.88. The molecular weight excluding hydrogens is 350 g/mol. The number of anilines is 1. The molecule has 7 nitrogen and oxygen atoms in total. The van der Waals surface area contributed by atoms with Gasteiger partial charge in [0.1, 0.15) is 0 Å². The van der Waals surface area contributed by atoms with Crippen molar-refractivity contribution in [2.45, 2.75) is 70.5 Å². The van der Waals surface area contributed by atoms with Gasteiger partial charge in [0.2, 0.25) is 16.0 Å². The SMILES string of the molecule is C#CCCCn1c(C(C)NS(C)(=O)=O)nnc1N1CCCC2CCCC21. The second kappa shape index (κ2) is 7.97. The Labute approximate surface area is 156 Å². The van der Waals surface area contributed by atoms with Crippen molar-refractivity contribution in [1.29, 1.82) is 0 Å². The van der Waals surface area contributed by atoms with Crippen LogP contribution in [0.2, 0.25) is 0 Å². The molecule has 3 atom stereocenters. The highest BCUT2D eigenvalue weighted by Crippen LogP contribution is 2.39. The predicted octanol–water partition coefficient (Wildman–Crippen LogP) is 2.07. The van der Waals surface area contributed by atoms with Crippen LogP contribution in [0, 0.1) is 18.3 Å². The van der Waals surface area contributed by atoms with Gasteiger partial charge in [0.25, 0.3) is 0 Å². The fourth-order valence-corrected chi connectivity index (χ4v) is 5.22. The molecule has 3 rings (SSSR count). The van der Waals surface area contributed by atoms with Crippen molar-refractivity contribution in [3.05, 3.63) is 5.82 Å². The zero-order chi connectivity index (χ0) is 18.7. The van der Waals surface area contributed by atoms with Gasteiger partial charge in [0.05, 0.1) is 12.3 Å². The van der Waals surface area contributed by atoms with Gasteiger partial charge in [0, 0.05) is 25.6 Å². The lowest BCUT2D eigenvalue weighted by Crippen LogP contribution is -2.44. The second-order valence-corrected chi connectivity index (χ2v) is 9.30. The first-order valence-electron chi connectivity index (χ1n) is 9.51. The molecule has 1 aromatic heterocycles. The molecule has 26 heavy (non-hydrogen) atoms. The van der Waals surface area contributed by atoms with E-state index in [2.05, 4.69) is 30.3 Å². The van der Waals surface area contributed by atoms with E-state index in [4.69, 9.17) is 6.42 Å². The number of nitrogens with zero attached hydrogens (tertiary/aromatic N) is 4. The van der Waals surface area contributed by atoms with Crippen molar-refractivity contribution in [1.82, 2.24) is 19.5 Å². The topological polar surface area (TPSA) is 80.1 Å². The molecule has 1 aliphatic heterocycles. The number of fused-ring (bicyclic) bond motifs is 1. The fourth-order valence-electron chi connectivity index (χ4n) is 4.47. The smallest absolute Gasteiger partial charge is 0.227 e. The Morgan fingerprint density at radius 3 is 2.81 bits per heavy atom. The van der Waals surface area contributed by atoms with E-state index in [-0.39, 0.29) is 0 Å². The van der Waals surface area contributed by atoms with Gasteiger partial charge in [0.15, 0.2) is 5.82 Å². The molecule has 3 unspecified atom stereocenters. The van der Waals surface area contributed by atoms with Gasteiger partial charge in [-0.25, -0.2) is 13.1 Å². The maximum absolute atomic E-state index is 11.6. The van der Waals surface area contributed by atoms with Crippen LogP contribution in [0.5, 0.6) is 0 Å². The van der Waals surface area contributed by atoms with Gasteiger partial charge in [-0.2, -0.15) is 0 Å². The third kappa shape index (κ3) is 4.21. The average molecular weight is 380 g/mol. The summed E-state index contributed by atoms with van der Waals surface area (Å²) in [5, 5.41) is 8.84. The molecule has 8 heteroatoms. The van der Waals surface area contributed by atoms with Crippen LogP contribution in [0.25, 0.3) is 0 Å². The molecule has 0 amide bonds. The highest BCUT2D eigenvalue weighted by Gasteiger charge is 2.37. The van der Waals surface area contributed by atoms with Crippen LogP contribution < -0.4 is 9.62 Å². The molecule has 0 bridgehead atoms. The van der Waals surface area contributed by atoms with E-state index >= 15 is 0 Å². The Balaban J connectivity index is 1.90. The number of sulfonamides is 1. The molecule has 0 spiro atoms. The first kappa shape index (κ1) is 19.2. The third-order valence-corrected chi connectivity index (χ3v) is 6.27. The van der Waals surface area contributed by atoms with Crippen molar-refractivity contribution >= 4 is 16.0 Å². The molecular formula is C18H29N5O2S. The monoisotopic (exact) mass is 379 g/mol. The fraction of sp³-hybridized carbons (Fsp3) is 0.778. The number of hydrogen-bond donors (Lipinski definition) is 1. The summed E-state index contributed by atoms with van der Waals surface area (Å²) in [6.45, 7) is 3.50. The quantitative estimate of drug-likeness (QED) is 0.579. The number of terminal acetylenes is 1. The standard InChI is InChI=1S/C18H29N5O2S/c1-4-5-6-12-23-17(14(2)21-26(3,24)25)19-20-18(23)22-13-8-10-15-9-7-11-16(15)22/h1,14-16,21H,5-13H2,2-3H3. The lowest BCUT2D eigenvalue weighted by molar-refractivity contribution is 0.354. The highest BCUT2D eigenvalue weighted by atomic mass is 32.2. The van der Waals surface area contributed by atoms with Gasteiger partial charge in [-0.05, 0) is 44.9 Å². The Morgan fingerprint density at radius 1 is 1.31 bits per heavy atom. The molecule has 144 valence electrons. The third-order valence-electron chi connectivity index (χ3n) is 5.49. The summed E-state index contributed by atoms with van der Waals surface area (Å²) in [6, 6.07) is 0.103. The number of piperidine rings is 1. The lowest BCUT2D eigenvalue weighted by Gasteiger charge is -2.38. The van der Waals surface area contributed by atoms with E-state index in [1.807, 2.05) is 0 Å². The van der Waals surface area contributed by atoms with Crippen molar-refractivity contribution in [2.75, 3.05) is 17.7 Å². The van der Waals surface area contributed by atoms with E-state index in [0.717, 1.165) is 31.1 Å². The Kier molecular flexibility index (Phi) is 5.88. The number of rotatable bonds is 7. The van der Waals surface area contributed by atoms with E-state index < -0.39 is 16.1 Å². The summed E-state index contributed by atoms with van der Waals surface area (Å²) in [7, 11) is -3.32. The molecule has 1 aliphatic carbocycles. The van der Waals surface area contributed by atoms with Crippen LogP contribution in [0.3, 0.4) is 0 Å². The summed E-state index contributed by atoms with van der Waals surface area (Å²) in [6.07, 6.45) is 14.3. The Bertz CT molecular complexity index is 767. The number of unbranched alkanes of at least 4 members (excludes halogenated alkanes) is 1. The van der Waals surface area contributed by atoms with Crippen LogP contribution in [-0.2, 0) is 16.6 Å². The van der Waals surface area contributed by atoms with Gasteiger partial charge in [-0.15, -0.1) is 22.5 Å². The summed E-state index contributed by atoms with van der Waals surface area (Å²) in [5.41, 5.74) is 0. The summed E-state index contributed by atoms with van der Waals surface area (Å²) in [4.78, 5) is 2.40. The van der Waals surface area contributed by atoms with Crippen LogP contribution in [0.4, 0.5) is 5.95 Å². The van der Waals surface area contributed by atoms with E-state index in [1.54, 1.807) is 6.92 Å². The lowest BCUT2D eigenvalue weighted by atomic mass is 9.92. The molecule has 1 saturated heterocycles. The minimum Gasteiger partial charge on any atom is -0.338 e. The largest absolute Gasteiger partial charge is 0.338 e. The molecule has 2 fully saturated rings. The molecule has 2 heterocycles. The molecule has 0 radical (unpaired) electrons. The van der Waals surface area contributed by atoms with E-state index in [9.17, 15) is 8.42 Å². The van der Waals surface area contributed by atoms with Crippen molar-refractivity contribution < 1.29 is 8.42 Å². The Morgan fingerprint density at radius 2 is 2.08 bits per heavy atom. The molecule has 1 N–H and O–H groups in total. The number of nitrogens with one attached hydrogen (secondary N) is 1. The minimum atomic E-state index is -3.32. The van der Waals surface area contributed by atoms with Crippen LogP contribution >= 0.6 is 0 Å². The van der Waals surface area contributed by atoms with Gasteiger partial charge in [-0.1, -0.05) is 6.42 Å². The normalized spacial score (nSPS) is 24.3. The molecule has 2 aliphatic rings. The predicted molar refractivity (Wildman–Crippen MR) is 102 cm³/mol. The van der Waals surface area contributed by atoms with Gasteiger partial charge in [-0.3, -0.25) is 4.57 Å². The second-order valence-electron chi connectivity index (χ2n) is 7.52. The van der Waals surface area contributed by atoms with Gasteiger partial charge < -0.3 is 4.90 Å². The molecule has 1 aromatic rings. The summed E-state index contributed by atoms with van der Waals surface area (Å²) < 4.78 is 28.0. The summed E-state index contributed by atoms with van der Waals surface area (Å²) in [5.74, 6) is 4.95. The Hall–Kier alpha value is -1.59. The van der Waals surface area contributed by atoms with E-state index in [0.29, 0.717) is 24.8 Å². The minimum absolute atomic E-state index is 0.429. The van der Waals surface area contributed by atoms with Crippen molar-refractivity contribution in [2.24, 2.45) is 5.92 Å². The van der Waals surface area contributed by atoms with Crippen molar-refractivity contribution in [3.63, 3.8) is 0 Å². The average Bonchev–Trinajstić information content (AvgIpc) is 3.19. The maximum atomic E-state index is 11.6. The number of hydrogen-bond acceptors (Lipinski definition) is 5.